The highest BCUT2D eigenvalue weighted by Crippen LogP contribution is 2.57. The van der Waals surface area contributed by atoms with Crippen LogP contribution in [-0.2, 0) is 5.41 Å². The molecule has 0 aromatic heterocycles. The van der Waals surface area contributed by atoms with E-state index in [0.29, 0.717) is 18.4 Å². The minimum absolute atomic E-state index is 0.0911. The fourth-order valence-corrected chi connectivity index (χ4v) is 4.76. The van der Waals surface area contributed by atoms with Gasteiger partial charge in [0.05, 0.1) is 5.41 Å². The normalized spacial score (nSPS) is 29.2. The van der Waals surface area contributed by atoms with Gasteiger partial charge >= 0.3 is 0 Å². The molecule has 24 heavy (non-hydrogen) atoms. The maximum absolute atomic E-state index is 12.9. The monoisotopic (exact) mass is 313 g/mol. The lowest BCUT2D eigenvalue weighted by Gasteiger charge is -2.46. The molecule has 0 radical (unpaired) electrons. The smallest absolute Gasteiger partial charge is 0.257 e. The predicted octanol–water partition coefficient (Wildman–Crippen LogP) is 4.27. The van der Waals surface area contributed by atoms with Crippen molar-refractivity contribution in [1.29, 1.82) is 0 Å². The van der Waals surface area contributed by atoms with Gasteiger partial charge in [0.2, 0.25) is 0 Å². The summed E-state index contributed by atoms with van der Waals surface area (Å²) >= 11 is 0. The van der Waals surface area contributed by atoms with Crippen molar-refractivity contribution < 1.29 is 4.79 Å². The van der Waals surface area contributed by atoms with Crippen molar-refractivity contribution in [3.8, 4) is 0 Å². The predicted molar refractivity (Wildman–Crippen MR) is 94.7 cm³/mol. The van der Waals surface area contributed by atoms with Crippen LogP contribution in [-0.4, -0.2) is 17.4 Å². The van der Waals surface area contributed by atoms with E-state index < -0.39 is 0 Å². The Labute approximate surface area is 142 Å². The second-order valence-electron chi connectivity index (χ2n) is 7.12. The molecule has 2 aromatic rings. The molecule has 1 spiro atoms. The molecule has 2 heteroatoms. The van der Waals surface area contributed by atoms with Gasteiger partial charge in [0.1, 0.15) is 0 Å². The fraction of sp³-hybridized carbons (Fsp3) is 0.227. The highest BCUT2D eigenvalue weighted by Gasteiger charge is 2.52. The van der Waals surface area contributed by atoms with Crippen LogP contribution in [0.3, 0.4) is 0 Å². The van der Waals surface area contributed by atoms with Gasteiger partial charge in [-0.3, -0.25) is 4.79 Å². The fourth-order valence-electron chi connectivity index (χ4n) is 4.76. The van der Waals surface area contributed by atoms with Gasteiger partial charge in [-0.2, -0.15) is 0 Å². The Hall–Kier alpha value is -2.61. The van der Waals surface area contributed by atoms with E-state index in [9.17, 15) is 4.79 Å². The summed E-state index contributed by atoms with van der Waals surface area (Å²) in [4.78, 5) is 14.9. The number of carbonyl (C=O) groups is 1. The topological polar surface area (TPSA) is 20.3 Å². The first-order valence-electron chi connectivity index (χ1n) is 8.58. The second kappa shape index (κ2) is 4.70. The lowest BCUT2D eigenvalue weighted by Crippen LogP contribution is -2.43. The molecule has 6 rings (SSSR count). The Kier molecular flexibility index (Phi) is 2.70. The zero-order valence-corrected chi connectivity index (χ0v) is 13.6. The molecule has 0 saturated carbocycles. The quantitative estimate of drug-likeness (QED) is 0.720. The third-order valence-electron chi connectivity index (χ3n) is 5.93. The van der Waals surface area contributed by atoms with Crippen LogP contribution in [0.15, 0.2) is 78.5 Å². The number of nitrogens with zero attached hydrogens (tertiary/aromatic N) is 1. The van der Waals surface area contributed by atoms with Crippen LogP contribution in [0.2, 0.25) is 0 Å². The van der Waals surface area contributed by atoms with E-state index in [2.05, 4.69) is 49.5 Å². The van der Waals surface area contributed by atoms with Crippen LogP contribution in [0.4, 0.5) is 0 Å². The summed E-state index contributed by atoms with van der Waals surface area (Å²) in [7, 11) is 0. The molecule has 2 bridgehead atoms. The SMILES string of the molecule is CC1C2=CN(C(=O)c3ccccc3)CC23C=CC1c1ccccc13. The number of amides is 1. The van der Waals surface area contributed by atoms with Gasteiger partial charge in [-0.1, -0.05) is 61.5 Å². The lowest BCUT2D eigenvalue weighted by atomic mass is 9.56. The molecule has 0 N–H and O–H groups in total. The zero-order chi connectivity index (χ0) is 16.3. The Morgan fingerprint density at radius 2 is 1.83 bits per heavy atom. The molecule has 1 aliphatic heterocycles. The molecular weight excluding hydrogens is 294 g/mol. The van der Waals surface area contributed by atoms with Crippen molar-refractivity contribution in [2.24, 2.45) is 5.92 Å². The summed E-state index contributed by atoms with van der Waals surface area (Å²) in [5.74, 6) is 0.966. The Bertz CT molecular complexity index is 895. The van der Waals surface area contributed by atoms with Gasteiger partial charge in [0, 0.05) is 24.2 Å². The van der Waals surface area contributed by atoms with Crippen LogP contribution in [0.1, 0.15) is 34.3 Å². The highest BCUT2D eigenvalue weighted by molar-refractivity contribution is 5.95. The molecule has 1 amide bonds. The summed E-state index contributed by atoms with van der Waals surface area (Å²) in [6.45, 7) is 3.00. The lowest BCUT2D eigenvalue weighted by molar-refractivity contribution is 0.0823. The Morgan fingerprint density at radius 3 is 2.67 bits per heavy atom. The van der Waals surface area contributed by atoms with E-state index in [1.165, 1.54) is 16.7 Å². The van der Waals surface area contributed by atoms with Gasteiger partial charge < -0.3 is 4.90 Å². The van der Waals surface area contributed by atoms with Gasteiger partial charge in [0.25, 0.3) is 5.91 Å². The molecule has 3 aliphatic carbocycles. The van der Waals surface area contributed by atoms with Crippen molar-refractivity contribution in [3.63, 3.8) is 0 Å². The molecule has 4 aliphatic rings. The molecular formula is C22H19NO. The summed E-state index contributed by atoms with van der Waals surface area (Å²) in [5, 5.41) is 0. The first-order chi connectivity index (χ1) is 11.7. The summed E-state index contributed by atoms with van der Waals surface area (Å²) < 4.78 is 0. The number of allylic oxidation sites excluding steroid dienone is 1. The van der Waals surface area contributed by atoms with E-state index in [1.54, 1.807) is 0 Å². The van der Waals surface area contributed by atoms with Crippen molar-refractivity contribution in [1.82, 2.24) is 4.90 Å². The van der Waals surface area contributed by atoms with E-state index in [-0.39, 0.29) is 11.3 Å². The molecule has 118 valence electrons. The Balaban J connectivity index is 1.62. The number of hydrogen-bond donors (Lipinski definition) is 0. The zero-order valence-electron chi connectivity index (χ0n) is 13.6. The van der Waals surface area contributed by atoms with Crippen molar-refractivity contribution in [2.45, 2.75) is 18.3 Å². The van der Waals surface area contributed by atoms with Gasteiger partial charge in [0.15, 0.2) is 0 Å². The largest absolute Gasteiger partial charge is 0.313 e. The van der Waals surface area contributed by atoms with E-state index >= 15 is 0 Å². The molecule has 2 aromatic carbocycles. The molecule has 2 nitrogen and oxygen atoms in total. The average Bonchev–Trinajstić information content (AvgIpc) is 3.04. The van der Waals surface area contributed by atoms with Crippen LogP contribution >= 0.6 is 0 Å². The van der Waals surface area contributed by atoms with E-state index in [0.717, 1.165) is 5.56 Å². The molecule has 0 fully saturated rings. The third-order valence-corrected chi connectivity index (χ3v) is 5.93. The van der Waals surface area contributed by atoms with Crippen molar-refractivity contribution in [3.05, 3.63) is 95.2 Å². The van der Waals surface area contributed by atoms with Crippen LogP contribution < -0.4 is 0 Å². The van der Waals surface area contributed by atoms with Gasteiger partial charge in [-0.15, -0.1) is 0 Å². The third kappa shape index (κ3) is 1.63. The standard InChI is InChI=1S/C22H19NO/c1-15-17-11-12-22(19-10-6-5-9-18(17)19)14-23(13-20(15)22)21(24)16-7-3-2-4-8-16/h2-13,15,17H,14H2,1H3. The number of rotatable bonds is 1. The molecule has 0 saturated heterocycles. The molecule has 1 heterocycles. The van der Waals surface area contributed by atoms with Crippen LogP contribution in [0, 0.1) is 5.92 Å². The highest BCUT2D eigenvalue weighted by atomic mass is 16.2. The maximum atomic E-state index is 12.9. The van der Waals surface area contributed by atoms with Gasteiger partial charge in [-0.25, -0.2) is 0 Å². The Morgan fingerprint density at radius 1 is 1.08 bits per heavy atom. The second-order valence-corrected chi connectivity index (χ2v) is 7.12. The molecule has 3 unspecified atom stereocenters. The van der Waals surface area contributed by atoms with E-state index in [4.69, 9.17) is 0 Å². The number of benzene rings is 2. The van der Waals surface area contributed by atoms with Gasteiger partial charge in [-0.05, 0) is 34.8 Å². The first kappa shape index (κ1) is 13.8. The summed E-state index contributed by atoms with van der Waals surface area (Å²) in [6.07, 6.45) is 6.80. The van der Waals surface area contributed by atoms with Crippen molar-refractivity contribution in [2.75, 3.05) is 6.54 Å². The number of carbonyl (C=O) groups excluding carboxylic acids is 1. The van der Waals surface area contributed by atoms with Crippen molar-refractivity contribution >= 4 is 5.91 Å². The maximum Gasteiger partial charge on any atom is 0.257 e. The molecule has 3 atom stereocenters. The minimum Gasteiger partial charge on any atom is -0.313 e. The van der Waals surface area contributed by atoms with E-state index in [1.807, 2.05) is 35.2 Å². The average molecular weight is 313 g/mol. The van der Waals surface area contributed by atoms with Crippen LogP contribution in [0.25, 0.3) is 0 Å². The minimum atomic E-state index is -0.130. The summed E-state index contributed by atoms with van der Waals surface area (Å²) in [6, 6.07) is 18.3. The van der Waals surface area contributed by atoms with Crippen LogP contribution in [0.5, 0.6) is 0 Å². The number of hydrogen-bond acceptors (Lipinski definition) is 1. The first-order valence-corrected chi connectivity index (χ1v) is 8.58. The summed E-state index contributed by atoms with van der Waals surface area (Å²) in [5.41, 5.74) is 4.82.